The molecule has 9 heteroatoms. The Hall–Kier alpha value is -2.52. The Kier molecular flexibility index (Phi) is 4.56. The van der Waals surface area contributed by atoms with Gasteiger partial charge in [0, 0.05) is 29.6 Å². The van der Waals surface area contributed by atoms with Gasteiger partial charge < -0.3 is 9.64 Å². The maximum absolute atomic E-state index is 12.5. The summed E-state index contributed by atoms with van der Waals surface area (Å²) in [4.78, 5) is 31.1. The summed E-state index contributed by atoms with van der Waals surface area (Å²) in [6.07, 6.45) is 3.06. The van der Waals surface area contributed by atoms with E-state index in [4.69, 9.17) is 4.74 Å². The van der Waals surface area contributed by atoms with Crippen LogP contribution in [0.4, 0.5) is 16.5 Å². The standard InChI is InChI=1S/C17H18N4O4S/c22-16(19-17-18-12-2-1-3-15(12)26-17)11-4-5-13(14(10-11)21(23)24)20-6-8-25-9-7-20/h4-5,10H,1-3,6-9H2,(H,18,19,22). The highest BCUT2D eigenvalue weighted by molar-refractivity contribution is 7.16. The number of nitrogens with one attached hydrogen (secondary N) is 1. The number of carbonyl (C=O) groups excluding carboxylic acids is 1. The summed E-state index contributed by atoms with van der Waals surface area (Å²) in [5.41, 5.74) is 1.76. The second-order valence-corrected chi connectivity index (χ2v) is 7.34. The summed E-state index contributed by atoms with van der Waals surface area (Å²) >= 11 is 1.48. The predicted octanol–water partition coefficient (Wildman–Crippen LogP) is 2.63. The van der Waals surface area contributed by atoms with Crippen LogP contribution in [0.3, 0.4) is 0 Å². The van der Waals surface area contributed by atoms with Crippen molar-refractivity contribution in [2.45, 2.75) is 19.3 Å². The number of aromatic nitrogens is 1. The molecule has 136 valence electrons. The van der Waals surface area contributed by atoms with Crippen molar-refractivity contribution in [3.63, 3.8) is 0 Å². The molecular weight excluding hydrogens is 356 g/mol. The molecule has 1 aliphatic heterocycles. The van der Waals surface area contributed by atoms with Gasteiger partial charge in [-0.1, -0.05) is 0 Å². The number of amides is 1. The zero-order chi connectivity index (χ0) is 18.1. The number of rotatable bonds is 4. The molecule has 0 unspecified atom stereocenters. The number of nitro groups is 1. The van der Waals surface area contributed by atoms with E-state index in [1.54, 1.807) is 12.1 Å². The molecule has 2 heterocycles. The fraction of sp³-hybridized carbons (Fsp3) is 0.412. The van der Waals surface area contributed by atoms with Gasteiger partial charge in [0.15, 0.2) is 5.13 Å². The van der Waals surface area contributed by atoms with Gasteiger partial charge in [-0.05, 0) is 31.4 Å². The quantitative estimate of drug-likeness (QED) is 0.653. The molecule has 26 heavy (non-hydrogen) atoms. The molecule has 1 amide bonds. The van der Waals surface area contributed by atoms with Crippen molar-refractivity contribution in [3.8, 4) is 0 Å². The van der Waals surface area contributed by atoms with Crippen molar-refractivity contribution in [1.82, 2.24) is 4.98 Å². The van der Waals surface area contributed by atoms with Gasteiger partial charge in [-0.25, -0.2) is 4.98 Å². The van der Waals surface area contributed by atoms with Gasteiger partial charge in [-0.2, -0.15) is 0 Å². The fourth-order valence-electron chi connectivity index (χ4n) is 3.30. The summed E-state index contributed by atoms with van der Waals surface area (Å²) in [6.45, 7) is 2.26. The number of carbonyl (C=O) groups is 1. The summed E-state index contributed by atoms with van der Waals surface area (Å²) < 4.78 is 5.29. The Morgan fingerprint density at radius 2 is 2.12 bits per heavy atom. The minimum atomic E-state index is -0.445. The number of thiazole rings is 1. The molecule has 2 aliphatic rings. The highest BCUT2D eigenvalue weighted by Crippen LogP contribution is 2.32. The Labute approximate surface area is 153 Å². The van der Waals surface area contributed by atoms with Gasteiger partial charge >= 0.3 is 0 Å². The molecule has 0 spiro atoms. The maximum Gasteiger partial charge on any atom is 0.293 e. The largest absolute Gasteiger partial charge is 0.378 e. The van der Waals surface area contributed by atoms with Gasteiger partial charge in [0.25, 0.3) is 11.6 Å². The molecule has 1 N–H and O–H groups in total. The lowest BCUT2D eigenvalue weighted by Gasteiger charge is -2.28. The molecule has 4 rings (SSSR count). The highest BCUT2D eigenvalue weighted by Gasteiger charge is 2.24. The van der Waals surface area contributed by atoms with Crippen LogP contribution in [0.25, 0.3) is 0 Å². The first-order valence-electron chi connectivity index (χ1n) is 8.53. The van der Waals surface area contributed by atoms with Gasteiger partial charge in [0.05, 0.1) is 23.8 Å². The molecule has 0 atom stereocenters. The van der Waals surface area contributed by atoms with Crippen LogP contribution in [0, 0.1) is 10.1 Å². The van der Waals surface area contributed by atoms with Crippen molar-refractivity contribution in [2.24, 2.45) is 0 Å². The van der Waals surface area contributed by atoms with Crippen molar-refractivity contribution >= 4 is 33.8 Å². The minimum Gasteiger partial charge on any atom is -0.378 e. The average molecular weight is 374 g/mol. The summed E-state index contributed by atoms with van der Waals surface area (Å²) in [7, 11) is 0. The lowest BCUT2D eigenvalue weighted by atomic mass is 10.1. The third-order valence-electron chi connectivity index (χ3n) is 4.60. The van der Waals surface area contributed by atoms with Crippen LogP contribution < -0.4 is 10.2 Å². The molecule has 1 saturated heterocycles. The third-order valence-corrected chi connectivity index (χ3v) is 5.68. The lowest BCUT2D eigenvalue weighted by Crippen LogP contribution is -2.36. The fourth-order valence-corrected chi connectivity index (χ4v) is 4.34. The number of hydrogen-bond donors (Lipinski definition) is 1. The smallest absolute Gasteiger partial charge is 0.293 e. The average Bonchev–Trinajstić information content (AvgIpc) is 3.23. The van der Waals surface area contributed by atoms with Gasteiger partial charge in [0.1, 0.15) is 5.69 Å². The maximum atomic E-state index is 12.5. The summed E-state index contributed by atoms with van der Waals surface area (Å²) in [6, 6.07) is 4.59. The van der Waals surface area contributed by atoms with Crippen LogP contribution >= 0.6 is 11.3 Å². The summed E-state index contributed by atoms with van der Waals surface area (Å²) in [5, 5.41) is 14.8. The van der Waals surface area contributed by atoms with E-state index in [1.165, 1.54) is 22.3 Å². The van der Waals surface area contributed by atoms with Crippen LogP contribution in [0.15, 0.2) is 18.2 Å². The number of benzene rings is 1. The van der Waals surface area contributed by atoms with E-state index in [-0.39, 0.29) is 17.2 Å². The number of anilines is 2. The number of ether oxygens (including phenoxy) is 1. The second kappa shape index (κ2) is 7.00. The highest BCUT2D eigenvalue weighted by atomic mass is 32.1. The number of nitro benzene ring substituents is 1. The van der Waals surface area contributed by atoms with Crippen LogP contribution in [0.1, 0.15) is 27.3 Å². The minimum absolute atomic E-state index is 0.0683. The lowest BCUT2D eigenvalue weighted by molar-refractivity contribution is -0.384. The van der Waals surface area contributed by atoms with E-state index in [0.29, 0.717) is 37.1 Å². The molecule has 8 nitrogen and oxygen atoms in total. The molecule has 1 aromatic carbocycles. The normalized spacial score (nSPS) is 16.4. The summed E-state index contributed by atoms with van der Waals surface area (Å²) in [5.74, 6) is -0.381. The first-order chi connectivity index (χ1) is 12.6. The molecule has 0 bridgehead atoms. The van der Waals surface area contributed by atoms with E-state index < -0.39 is 4.92 Å². The van der Waals surface area contributed by atoms with E-state index in [0.717, 1.165) is 25.0 Å². The number of morpholine rings is 1. The van der Waals surface area contributed by atoms with Gasteiger partial charge in [0.2, 0.25) is 0 Å². The third kappa shape index (κ3) is 3.27. The zero-order valence-electron chi connectivity index (χ0n) is 14.1. The first kappa shape index (κ1) is 16.9. The predicted molar refractivity (Wildman–Crippen MR) is 98.2 cm³/mol. The first-order valence-corrected chi connectivity index (χ1v) is 9.34. The van der Waals surface area contributed by atoms with E-state index >= 15 is 0 Å². The number of nitrogens with zero attached hydrogens (tertiary/aromatic N) is 3. The molecule has 1 aromatic heterocycles. The topological polar surface area (TPSA) is 97.6 Å². The molecule has 1 fully saturated rings. The van der Waals surface area contributed by atoms with E-state index in [1.807, 2.05) is 4.90 Å². The van der Waals surface area contributed by atoms with Crippen molar-refractivity contribution < 1.29 is 14.5 Å². The molecule has 1 aliphatic carbocycles. The molecular formula is C17H18N4O4S. The van der Waals surface area contributed by atoms with Crippen molar-refractivity contribution in [3.05, 3.63) is 44.4 Å². The number of fused-ring (bicyclic) bond motifs is 1. The Morgan fingerprint density at radius 1 is 1.31 bits per heavy atom. The second-order valence-electron chi connectivity index (χ2n) is 6.26. The van der Waals surface area contributed by atoms with Crippen LogP contribution in [-0.2, 0) is 17.6 Å². The van der Waals surface area contributed by atoms with Crippen molar-refractivity contribution in [1.29, 1.82) is 0 Å². The van der Waals surface area contributed by atoms with Gasteiger partial charge in [-0.15, -0.1) is 11.3 Å². The molecule has 0 radical (unpaired) electrons. The van der Waals surface area contributed by atoms with E-state index in [2.05, 4.69) is 10.3 Å². The van der Waals surface area contributed by atoms with E-state index in [9.17, 15) is 14.9 Å². The Morgan fingerprint density at radius 3 is 2.85 bits per heavy atom. The SMILES string of the molecule is O=C(Nc1nc2c(s1)CCC2)c1ccc(N2CCOCC2)c([N+](=O)[O-])c1. The van der Waals surface area contributed by atoms with Crippen molar-refractivity contribution in [2.75, 3.05) is 36.5 Å². The van der Waals surface area contributed by atoms with Crippen LogP contribution in [0.5, 0.6) is 0 Å². The number of hydrogen-bond acceptors (Lipinski definition) is 7. The monoisotopic (exact) mass is 374 g/mol. The number of aryl methyl sites for hydroxylation is 2. The van der Waals surface area contributed by atoms with Crippen LogP contribution in [0.2, 0.25) is 0 Å². The zero-order valence-corrected chi connectivity index (χ0v) is 14.9. The van der Waals surface area contributed by atoms with Crippen LogP contribution in [-0.4, -0.2) is 42.1 Å². The molecule has 0 saturated carbocycles. The molecule has 2 aromatic rings. The Balaban J connectivity index is 1.56. The van der Waals surface area contributed by atoms with Gasteiger partial charge in [-0.3, -0.25) is 20.2 Å². The Bertz CT molecular complexity index is 839.